The van der Waals surface area contributed by atoms with Crippen LogP contribution in [0, 0.1) is 5.92 Å². The van der Waals surface area contributed by atoms with Crippen molar-refractivity contribution in [2.45, 2.75) is 25.9 Å². The zero-order chi connectivity index (χ0) is 11.5. The van der Waals surface area contributed by atoms with E-state index in [1.807, 2.05) is 6.07 Å². The first-order chi connectivity index (χ1) is 7.65. The number of nitrogens with two attached hydrogens (primary N) is 1. The molecule has 1 aromatic heterocycles. The van der Waals surface area contributed by atoms with Gasteiger partial charge in [-0.15, -0.1) is 0 Å². The average Bonchev–Trinajstić information content (AvgIpc) is 2.66. The molecule has 0 spiro atoms. The molecule has 2 heterocycles. The normalized spacial score (nSPS) is 23.6. The molecule has 1 fully saturated rings. The maximum absolute atomic E-state index is 5.93. The van der Waals surface area contributed by atoms with Crippen LogP contribution in [0.15, 0.2) is 18.3 Å². The standard InChI is InChI=1S/C12H18ClN3/c1-9(14)10-3-5-16(7-10)8-12-6-11(13)2-4-15-12/h2,4,6,9-10H,3,5,7-8,14H2,1H3. The van der Waals surface area contributed by atoms with Gasteiger partial charge >= 0.3 is 0 Å². The highest BCUT2D eigenvalue weighted by Gasteiger charge is 2.25. The van der Waals surface area contributed by atoms with Gasteiger partial charge in [0.2, 0.25) is 0 Å². The van der Waals surface area contributed by atoms with Crippen molar-refractivity contribution in [3.05, 3.63) is 29.0 Å². The molecule has 2 N–H and O–H groups in total. The Balaban J connectivity index is 1.92. The second kappa shape index (κ2) is 5.13. The summed E-state index contributed by atoms with van der Waals surface area (Å²) in [5, 5.41) is 0.757. The van der Waals surface area contributed by atoms with E-state index in [1.165, 1.54) is 6.42 Å². The van der Waals surface area contributed by atoms with E-state index in [0.717, 1.165) is 30.4 Å². The first-order valence-electron chi connectivity index (χ1n) is 5.73. The third-order valence-corrected chi connectivity index (χ3v) is 3.45. The first kappa shape index (κ1) is 11.8. The number of likely N-dealkylation sites (tertiary alicyclic amines) is 1. The van der Waals surface area contributed by atoms with Crippen molar-refractivity contribution in [3.8, 4) is 0 Å². The lowest BCUT2D eigenvalue weighted by atomic mass is 10.0. The van der Waals surface area contributed by atoms with Crippen LogP contribution >= 0.6 is 11.6 Å². The van der Waals surface area contributed by atoms with Gasteiger partial charge in [0.1, 0.15) is 0 Å². The molecule has 2 atom stereocenters. The molecule has 2 rings (SSSR count). The molecule has 0 radical (unpaired) electrons. The first-order valence-corrected chi connectivity index (χ1v) is 6.11. The molecule has 0 bridgehead atoms. The highest BCUT2D eigenvalue weighted by atomic mass is 35.5. The predicted molar refractivity (Wildman–Crippen MR) is 66.3 cm³/mol. The molecule has 1 saturated heterocycles. The third kappa shape index (κ3) is 2.94. The van der Waals surface area contributed by atoms with Crippen LogP contribution < -0.4 is 5.73 Å². The van der Waals surface area contributed by atoms with E-state index in [9.17, 15) is 0 Å². The summed E-state index contributed by atoms with van der Waals surface area (Å²) in [4.78, 5) is 6.71. The zero-order valence-electron chi connectivity index (χ0n) is 9.56. The minimum absolute atomic E-state index is 0.289. The molecular weight excluding hydrogens is 222 g/mol. The van der Waals surface area contributed by atoms with E-state index in [2.05, 4.69) is 16.8 Å². The summed E-state index contributed by atoms with van der Waals surface area (Å²) in [7, 11) is 0. The molecule has 16 heavy (non-hydrogen) atoms. The molecule has 1 aliphatic rings. The van der Waals surface area contributed by atoms with E-state index < -0.39 is 0 Å². The number of rotatable bonds is 3. The summed E-state index contributed by atoms with van der Waals surface area (Å²) in [5.74, 6) is 0.624. The predicted octanol–water partition coefficient (Wildman–Crippen LogP) is 1.90. The largest absolute Gasteiger partial charge is 0.328 e. The smallest absolute Gasteiger partial charge is 0.0558 e. The highest BCUT2D eigenvalue weighted by molar-refractivity contribution is 6.30. The van der Waals surface area contributed by atoms with E-state index in [-0.39, 0.29) is 6.04 Å². The van der Waals surface area contributed by atoms with E-state index >= 15 is 0 Å². The fourth-order valence-corrected chi connectivity index (χ4v) is 2.38. The second-order valence-corrected chi connectivity index (χ2v) is 5.04. The minimum Gasteiger partial charge on any atom is -0.328 e. The van der Waals surface area contributed by atoms with Crippen LogP contribution in [0.3, 0.4) is 0 Å². The quantitative estimate of drug-likeness (QED) is 0.876. The van der Waals surface area contributed by atoms with Crippen molar-refractivity contribution in [1.29, 1.82) is 0 Å². The summed E-state index contributed by atoms with van der Waals surface area (Å²) in [5.41, 5.74) is 6.95. The van der Waals surface area contributed by atoms with Crippen LogP contribution in [-0.2, 0) is 6.54 Å². The Morgan fingerprint density at radius 2 is 2.50 bits per heavy atom. The van der Waals surface area contributed by atoms with Gasteiger partial charge in [-0.2, -0.15) is 0 Å². The Hall–Kier alpha value is -0.640. The van der Waals surface area contributed by atoms with Gasteiger partial charge in [-0.05, 0) is 37.9 Å². The fourth-order valence-electron chi connectivity index (χ4n) is 2.20. The zero-order valence-corrected chi connectivity index (χ0v) is 10.3. The van der Waals surface area contributed by atoms with Crippen LogP contribution in [0.4, 0.5) is 0 Å². The maximum atomic E-state index is 5.93. The van der Waals surface area contributed by atoms with Crippen molar-refractivity contribution in [2.75, 3.05) is 13.1 Å². The van der Waals surface area contributed by atoms with Gasteiger partial charge in [0.15, 0.2) is 0 Å². The summed E-state index contributed by atoms with van der Waals surface area (Å²) in [6.07, 6.45) is 2.95. The fraction of sp³-hybridized carbons (Fsp3) is 0.583. The number of nitrogens with zero attached hydrogens (tertiary/aromatic N) is 2. The van der Waals surface area contributed by atoms with Crippen LogP contribution in [0.2, 0.25) is 5.02 Å². The van der Waals surface area contributed by atoms with E-state index in [1.54, 1.807) is 12.3 Å². The molecule has 2 unspecified atom stereocenters. The molecule has 4 heteroatoms. The van der Waals surface area contributed by atoms with Crippen molar-refractivity contribution >= 4 is 11.6 Å². The van der Waals surface area contributed by atoms with Gasteiger partial charge < -0.3 is 5.73 Å². The van der Waals surface area contributed by atoms with Crippen molar-refractivity contribution in [1.82, 2.24) is 9.88 Å². The number of aromatic nitrogens is 1. The van der Waals surface area contributed by atoms with Gasteiger partial charge in [0.05, 0.1) is 5.69 Å². The van der Waals surface area contributed by atoms with Crippen molar-refractivity contribution in [3.63, 3.8) is 0 Å². The summed E-state index contributed by atoms with van der Waals surface area (Å²) < 4.78 is 0. The van der Waals surface area contributed by atoms with Gasteiger partial charge in [-0.25, -0.2) is 0 Å². The number of halogens is 1. The van der Waals surface area contributed by atoms with Gasteiger partial charge in [0.25, 0.3) is 0 Å². The van der Waals surface area contributed by atoms with Gasteiger partial charge in [0, 0.05) is 30.4 Å². The van der Waals surface area contributed by atoms with E-state index in [0.29, 0.717) is 5.92 Å². The summed E-state index contributed by atoms with van der Waals surface area (Å²) in [6, 6.07) is 4.03. The summed E-state index contributed by atoms with van der Waals surface area (Å²) in [6.45, 7) is 5.15. The Morgan fingerprint density at radius 3 is 3.12 bits per heavy atom. The average molecular weight is 240 g/mol. The second-order valence-electron chi connectivity index (χ2n) is 4.61. The molecule has 0 aliphatic carbocycles. The van der Waals surface area contributed by atoms with Crippen LogP contribution in [-0.4, -0.2) is 29.0 Å². The molecule has 0 saturated carbocycles. The lowest BCUT2D eigenvalue weighted by Gasteiger charge is -2.17. The molecule has 0 aromatic carbocycles. The molecule has 0 amide bonds. The maximum Gasteiger partial charge on any atom is 0.0558 e. The Bertz CT molecular complexity index is 354. The SMILES string of the molecule is CC(N)C1CCN(Cc2cc(Cl)ccn2)C1. The Labute approximate surface area is 102 Å². The molecule has 1 aromatic rings. The molecule has 1 aliphatic heterocycles. The highest BCUT2D eigenvalue weighted by Crippen LogP contribution is 2.20. The van der Waals surface area contributed by atoms with Gasteiger partial charge in [-0.3, -0.25) is 9.88 Å². The lowest BCUT2D eigenvalue weighted by Crippen LogP contribution is -2.29. The van der Waals surface area contributed by atoms with Crippen LogP contribution in [0.1, 0.15) is 19.0 Å². The Morgan fingerprint density at radius 1 is 1.69 bits per heavy atom. The Kier molecular flexibility index (Phi) is 3.79. The molecule has 88 valence electrons. The number of hydrogen-bond donors (Lipinski definition) is 1. The van der Waals surface area contributed by atoms with Crippen molar-refractivity contribution in [2.24, 2.45) is 11.7 Å². The number of pyridine rings is 1. The molecular formula is C12H18ClN3. The molecule has 3 nitrogen and oxygen atoms in total. The van der Waals surface area contributed by atoms with Crippen LogP contribution in [0.5, 0.6) is 0 Å². The summed E-state index contributed by atoms with van der Waals surface area (Å²) >= 11 is 5.93. The van der Waals surface area contributed by atoms with Crippen LogP contribution in [0.25, 0.3) is 0 Å². The monoisotopic (exact) mass is 239 g/mol. The van der Waals surface area contributed by atoms with Crippen molar-refractivity contribution < 1.29 is 0 Å². The van der Waals surface area contributed by atoms with E-state index in [4.69, 9.17) is 17.3 Å². The number of hydrogen-bond acceptors (Lipinski definition) is 3. The van der Waals surface area contributed by atoms with Gasteiger partial charge in [-0.1, -0.05) is 11.6 Å². The third-order valence-electron chi connectivity index (χ3n) is 3.22. The lowest BCUT2D eigenvalue weighted by molar-refractivity contribution is 0.305. The topological polar surface area (TPSA) is 42.1 Å². The minimum atomic E-state index is 0.289.